The van der Waals surface area contributed by atoms with Crippen LogP contribution in [0.1, 0.15) is 6.23 Å². The van der Waals surface area contributed by atoms with Crippen LogP contribution in [0.25, 0.3) is 38.6 Å². The number of hydrogen-bond acceptors (Lipinski definition) is 10. The highest BCUT2D eigenvalue weighted by Crippen LogP contribution is 2.44. The van der Waals surface area contributed by atoms with Gasteiger partial charge in [0.2, 0.25) is 5.78 Å². The predicted octanol–water partition coefficient (Wildman–Crippen LogP) is 2.51. The van der Waals surface area contributed by atoms with Crippen molar-refractivity contribution in [1.29, 1.82) is 0 Å². The van der Waals surface area contributed by atoms with Crippen LogP contribution in [0.15, 0.2) is 51.6 Å². The van der Waals surface area contributed by atoms with Crippen LogP contribution in [0, 0.1) is 0 Å². The van der Waals surface area contributed by atoms with Crippen LogP contribution < -0.4 is 5.56 Å². The molecule has 6 rings (SSSR count). The third-order valence-electron chi connectivity index (χ3n) is 5.95. The first kappa shape index (κ1) is 23.3. The smallest absolute Gasteiger partial charge is 0.319 e. The zero-order valence-corrected chi connectivity index (χ0v) is 20.2. The van der Waals surface area contributed by atoms with E-state index in [-0.39, 0.29) is 30.1 Å². The van der Waals surface area contributed by atoms with Gasteiger partial charge in [-0.2, -0.15) is 4.98 Å². The number of imidazole rings is 2. The van der Waals surface area contributed by atoms with Gasteiger partial charge in [-0.25, -0.2) is 9.38 Å². The Morgan fingerprint density at radius 2 is 2.17 bits per heavy atom. The average Bonchev–Trinajstić information content (AvgIpc) is 3.57. The minimum atomic E-state index is -2.74. The topological polar surface area (TPSA) is 182 Å². The fourth-order valence-electron chi connectivity index (χ4n) is 4.33. The average molecular weight is 530 g/mol. The largest absolute Gasteiger partial charge is 0.386 e. The van der Waals surface area contributed by atoms with E-state index in [0.717, 1.165) is 5.56 Å². The highest BCUT2D eigenvalue weighted by molar-refractivity contribution is 7.99. The minimum absolute atomic E-state index is 0.000587. The van der Waals surface area contributed by atoms with E-state index in [0.29, 0.717) is 16.6 Å². The number of azide groups is 1. The number of aromatic nitrogens is 5. The van der Waals surface area contributed by atoms with E-state index in [1.165, 1.54) is 20.7 Å². The van der Waals surface area contributed by atoms with Gasteiger partial charge < -0.3 is 23.9 Å². The molecule has 0 radical (unpaired) electrons. The molecule has 0 saturated carbocycles. The summed E-state index contributed by atoms with van der Waals surface area (Å²) in [7, 11) is -2.74. The minimum Gasteiger partial charge on any atom is -0.386 e. The van der Waals surface area contributed by atoms with Crippen LogP contribution in [-0.2, 0) is 18.3 Å². The van der Waals surface area contributed by atoms with Crippen LogP contribution in [0.3, 0.4) is 0 Å². The summed E-state index contributed by atoms with van der Waals surface area (Å²) in [6, 6.07) is 9.49. The van der Waals surface area contributed by atoms with Crippen molar-refractivity contribution < 1.29 is 23.5 Å². The van der Waals surface area contributed by atoms with E-state index in [9.17, 15) is 14.5 Å². The number of aliphatic hydroxyl groups excluding tert-OH is 1. The highest BCUT2D eigenvalue weighted by atomic mass is 32.2. The van der Waals surface area contributed by atoms with E-state index in [1.54, 1.807) is 6.20 Å². The lowest BCUT2D eigenvalue weighted by atomic mass is 10.1. The molecule has 5 heterocycles. The number of nitrogens with one attached hydrogen (secondary N) is 1. The third-order valence-corrected chi connectivity index (χ3v) is 7.75. The molecule has 0 aliphatic carbocycles. The Hall–Kier alpha value is -3.16. The van der Waals surface area contributed by atoms with E-state index in [4.69, 9.17) is 19.3 Å². The van der Waals surface area contributed by atoms with Gasteiger partial charge in [-0.05, 0) is 11.1 Å². The van der Waals surface area contributed by atoms with Crippen molar-refractivity contribution in [2.24, 2.45) is 5.11 Å². The van der Waals surface area contributed by atoms with Gasteiger partial charge in [0.05, 0.1) is 12.3 Å². The van der Waals surface area contributed by atoms with Gasteiger partial charge in [-0.3, -0.25) is 13.9 Å². The first-order valence-corrected chi connectivity index (χ1v) is 13.2. The molecule has 2 unspecified atom stereocenters. The number of benzene rings is 1. The molecule has 3 aromatic heterocycles. The van der Waals surface area contributed by atoms with Crippen LogP contribution in [0.2, 0.25) is 0 Å². The number of thioether (sulfide) groups is 1. The normalized spacial score (nSPS) is 25.8. The van der Waals surface area contributed by atoms with Crippen molar-refractivity contribution in [3.05, 3.63) is 57.3 Å². The molecular formula is C20H19N8O6PS. The van der Waals surface area contributed by atoms with Gasteiger partial charge in [0.1, 0.15) is 18.3 Å². The molecule has 0 bridgehead atoms. The van der Waals surface area contributed by atoms with Crippen LogP contribution in [0.5, 0.6) is 0 Å². The Morgan fingerprint density at radius 3 is 2.97 bits per heavy atom. The van der Waals surface area contributed by atoms with Gasteiger partial charge in [0.15, 0.2) is 22.5 Å². The summed E-state index contributed by atoms with van der Waals surface area (Å²) < 4.78 is 31.1. The molecule has 0 spiro atoms. The Labute approximate surface area is 206 Å². The fraction of sp³-hybridized carbons (Fsp3) is 0.350. The first-order chi connectivity index (χ1) is 17.5. The van der Waals surface area contributed by atoms with E-state index < -0.39 is 38.4 Å². The SMILES string of the molecule is [N-]=[N+]=NCCSc1nc2c(=O)n3cc(-c4ccccc4)[nH]c3nc2n1[C@@H]1OC2CO[PH](=O)O[C@H]2[C@@H]1O. The quantitative estimate of drug-likeness (QED) is 0.0945. The van der Waals surface area contributed by atoms with Crippen LogP contribution >= 0.6 is 20.0 Å². The molecule has 2 N–H and O–H groups in total. The molecule has 1 aromatic carbocycles. The summed E-state index contributed by atoms with van der Waals surface area (Å²) >= 11 is 1.22. The molecule has 36 heavy (non-hydrogen) atoms. The van der Waals surface area contributed by atoms with Crippen molar-refractivity contribution in [3.8, 4) is 11.3 Å². The van der Waals surface area contributed by atoms with Gasteiger partial charge >= 0.3 is 8.25 Å². The summed E-state index contributed by atoms with van der Waals surface area (Å²) in [6.45, 7) is 0.190. The molecule has 5 atom stereocenters. The maximum atomic E-state index is 13.4. The molecule has 0 amide bonds. The number of ether oxygens (including phenoxy) is 1. The van der Waals surface area contributed by atoms with Crippen molar-refractivity contribution in [1.82, 2.24) is 23.9 Å². The van der Waals surface area contributed by atoms with Crippen molar-refractivity contribution in [2.75, 3.05) is 18.9 Å². The zero-order chi connectivity index (χ0) is 24.8. The van der Waals surface area contributed by atoms with Crippen molar-refractivity contribution >= 4 is 37.0 Å². The summed E-state index contributed by atoms with van der Waals surface area (Å²) in [4.78, 5) is 28.5. The summed E-state index contributed by atoms with van der Waals surface area (Å²) in [5, 5.41) is 14.9. The van der Waals surface area contributed by atoms with E-state index >= 15 is 0 Å². The lowest BCUT2D eigenvalue weighted by Crippen LogP contribution is -2.37. The number of fused-ring (bicyclic) bond motifs is 3. The summed E-state index contributed by atoms with van der Waals surface area (Å²) in [5.41, 5.74) is 10.0. The number of hydrogen-bond donors (Lipinski definition) is 2. The van der Waals surface area contributed by atoms with Gasteiger partial charge in [0.25, 0.3) is 5.56 Å². The second-order valence-corrected chi connectivity index (χ2v) is 10.2. The third kappa shape index (κ3) is 3.91. The second-order valence-electron chi connectivity index (χ2n) is 8.08. The molecule has 2 aliphatic rings. The fourth-order valence-corrected chi connectivity index (χ4v) is 6.06. The van der Waals surface area contributed by atoms with Crippen molar-refractivity contribution in [2.45, 2.75) is 29.7 Å². The Bertz CT molecular complexity index is 1580. The number of nitrogens with zero attached hydrogens (tertiary/aromatic N) is 7. The molecule has 2 saturated heterocycles. The maximum absolute atomic E-state index is 13.4. The first-order valence-electron chi connectivity index (χ1n) is 10.9. The molecule has 186 valence electrons. The Balaban J connectivity index is 1.48. The number of aliphatic hydroxyl groups is 1. The summed E-state index contributed by atoms with van der Waals surface area (Å²) in [5.74, 6) is 0.654. The Kier molecular flexibility index (Phi) is 6.05. The molecule has 2 aliphatic heterocycles. The Morgan fingerprint density at radius 1 is 1.33 bits per heavy atom. The summed E-state index contributed by atoms with van der Waals surface area (Å²) in [6.07, 6.45) is -2.11. The van der Waals surface area contributed by atoms with Crippen molar-refractivity contribution in [3.63, 3.8) is 0 Å². The number of H-pyrrole nitrogens is 1. The zero-order valence-electron chi connectivity index (χ0n) is 18.4. The molecule has 14 nitrogen and oxygen atoms in total. The van der Waals surface area contributed by atoms with Crippen LogP contribution in [-0.4, -0.2) is 66.2 Å². The lowest BCUT2D eigenvalue weighted by molar-refractivity contribution is -0.0583. The molecule has 16 heteroatoms. The van der Waals surface area contributed by atoms with E-state index in [2.05, 4.69) is 25.0 Å². The number of aromatic amines is 1. The van der Waals surface area contributed by atoms with Gasteiger partial charge in [-0.15, -0.1) is 0 Å². The monoisotopic (exact) mass is 530 g/mol. The second kappa shape index (κ2) is 9.37. The molecule has 4 aromatic rings. The number of rotatable bonds is 6. The standard InChI is InChI=1S/C20H19N8O6PS/c21-26-22-6-7-36-20-24-13-16(28(20)18-14(29)15-12(33-18)9-32-35(31)34-15)25-19-23-11(8-27(19)17(13)30)10-4-2-1-3-5-10/h1-5,8,12,14-15,18,29,35H,6-7,9H2,(H,23,25)/t12?,14-,15+,18+/m0/s1. The maximum Gasteiger partial charge on any atom is 0.319 e. The molecule has 2 fully saturated rings. The van der Waals surface area contributed by atoms with Gasteiger partial charge in [-0.1, -0.05) is 47.2 Å². The highest BCUT2D eigenvalue weighted by Gasteiger charge is 2.50. The van der Waals surface area contributed by atoms with Crippen LogP contribution in [0.4, 0.5) is 0 Å². The lowest BCUT2D eigenvalue weighted by Gasteiger charge is -2.24. The molecular weight excluding hydrogens is 511 g/mol. The predicted molar refractivity (Wildman–Crippen MR) is 129 cm³/mol. The van der Waals surface area contributed by atoms with E-state index in [1.807, 2.05) is 30.3 Å². The van der Waals surface area contributed by atoms with Gasteiger partial charge in [0, 0.05) is 23.4 Å².